The summed E-state index contributed by atoms with van der Waals surface area (Å²) in [6.07, 6.45) is -3.77. The third-order valence-electron chi connectivity index (χ3n) is 3.89. The fraction of sp³-hybridized carbons (Fsp3) is 0.467. The molecule has 0 aromatic carbocycles. The van der Waals surface area contributed by atoms with Crippen LogP contribution in [-0.2, 0) is 16.1 Å². The van der Waals surface area contributed by atoms with Crippen molar-refractivity contribution in [3.05, 3.63) is 34.8 Å². The van der Waals surface area contributed by atoms with E-state index in [-0.39, 0.29) is 18.1 Å². The molecule has 4 nitrogen and oxygen atoms in total. The largest absolute Gasteiger partial charge is 0.457 e. The van der Waals surface area contributed by atoms with E-state index >= 15 is 0 Å². The van der Waals surface area contributed by atoms with Gasteiger partial charge < -0.3 is 9.15 Å². The molecule has 0 saturated heterocycles. The van der Waals surface area contributed by atoms with Gasteiger partial charge in [0, 0.05) is 0 Å². The highest BCUT2D eigenvalue weighted by Gasteiger charge is 2.62. The molecule has 0 radical (unpaired) electrons. The van der Waals surface area contributed by atoms with Gasteiger partial charge in [0.15, 0.2) is 0 Å². The second kappa shape index (κ2) is 5.93. The SMILES string of the molecule is CC1(C)[C@H](C(=O)OCc2ccc(C#N)o2)[C@@H]1/C=C(\Cl)C(F)(F)F. The average molecular weight is 348 g/mol. The first kappa shape index (κ1) is 17.4. The molecule has 1 aliphatic rings. The molecule has 2 rings (SSSR count). The Labute approximate surface area is 135 Å². The van der Waals surface area contributed by atoms with E-state index in [1.165, 1.54) is 12.1 Å². The fourth-order valence-electron chi connectivity index (χ4n) is 2.44. The summed E-state index contributed by atoms with van der Waals surface area (Å²) < 4.78 is 47.5. The Kier molecular flexibility index (Phi) is 4.49. The molecule has 1 aromatic rings. The van der Waals surface area contributed by atoms with Gasteiger partial charge in [-0.05, 0) is 23.5 Å². The molecule has 1 aromatic heterocycles. The van der Waals surface area contributed by atoms with Crippen LogP contribution in [0.1, 0.15) is 25.4 Å². The van der Waals surface area contributed by atoms with Gasteiger partial charge in [0.05, 0.1) is 5.92 Å². The molecule has 8 heteroatoms. The van der Waals surface area contributed by atoms with Crippen LogP contribution in [0, 0.1) is 28.6 Å². The predicted octanol–water partition coefficient (Wildman–Crippen LogP) is 4.15. The Bertz CT molecular complexity index is 685. The number of carbonyl (C=O) groups excluding carboxylic acids is 1. The second-order valence-electron chi connectivity index (χ2n) is 5.82. The summed E-state index contributed by atoms with van der Waals surface area (Å²) in [6.45, 7) is 3.15. The van der Waals surface area contributed by atoms with E-state index in [9.17, 15) is 18.0 Å². The molecular weight excluding hydrogens is 335 g/mol. The molecule has 23 heavy (non-hydrogen) atoms. The lowest BCUT2D eigenvalue weighted by atomic mass is 10.1. The first-order valence-electron chi connectivity index (χ1n) is 6.67. The number of ether oxygens (including phenoxy) is 1. The third-order valence-corrected chi connectivity index (χ3v) is 4.23. The van der Waals surface area contributed by atoms with Crippen molar-refractivity contribution in [3.63, 3.8) is 0 Å². The van der Waals surface area contributed by atoms with E-state index in [0.29, 0.717) is 0 Å². The van der Waals surface area contributed by atoms with Crippen LogP contribution in [0.3, 0.4) is 0 Å². The molecule has 2 atom stereocenters. The molecule has 0 aliphatic heterocycles. The molecule has 1 aliphatic carbocycles. The smallest absolute Gasteiger partial charge is 0.426 e. The minimum Gasteiger partial charge on any atom is -0.457 e. The first-order valence-corrected chi connectivity index (χ1v) is 7.05. The summed E-state index contributed by atoms with van der Waals surface area (Å²) in [5.74, 6) is -1.61. The van der Waals surface area contributed by atoms with Gasteiger partial charge in [0.2, 0.25) is 5.76 Å². The zero-order valence-corrected chi connectivity index (χ0v) is 13.0. The number of furan rings is 1. The van der Waals surface area contributed by atoms with E-state index in [1.807, 2.05) is 0 Å². The van der Waals surface area contributed by atoms with E-state index in [0.717, 1.165) is 6.08 Å². The maximum absolute atomic E-state index is 12.5. The van der Waals surface area contributed by atoms with Gasteiger partial charge in [-0.3, -0.25) is 4.79 Å². The van der Waals surface area contributed by atoms with Crippen molar-refractivity contribution < 1.29 is 27.1 Å². The van der Waals surface area contributed by atoms with Crippen LogP contribution in [0.2, 0.25) is 0 Å². The summed E-state index contributed by atoms with van der Waals surface area (Å²) in [7, 11) is 0. The highest BCUT2D eigenvalue weighted by Crippen LogP contribution is 2.60. The van der Waals surface area contributed by atoms with Crippen LogP contribution >= 0.6 is 11.6 Å². The van der Waals surface area contributed by atoms with Crippen LogP contribution in [0.25, 0.3) is 0 Å². The topological polar surface area (TPSA) is 63.2 Å². The number of hydrogen-bond donors (Lipinski definition) is 0. The summed E-state index contributed by atoms with van der Waals surface area (Å²) >= 11 is 5.22. The Morgan fingerprint density at radius 3 is 2.70 bits per heavy atom. The summed E-state index contributed by atoms with van der Waals surface area (Å²) in [5, 5.41) is 7.38. The Hall–Kier alpha value is -1.94. The highest BCUT2D eigenvalue weighted by atomic mass is 35.5. The second-order valence-corrected chi connectivity index (χ2v) is 6.23. The summed E-state index contributed by atoms with van der Waals surface area (Å²) in [4.78, 5) is 12.0. The lowest BCUT2D eigenvalue weighted by Crippen LogP contribution is -2.10. The van der Waals surface area contributed by atoms with Crippen molar-refractivity contribution in [3.8, 4) is 6.07 Å². The Morgan fingerprint density at radius 2 is 2.17 bits per heavy atom. The zero-order valence-electron chi connectivity index (χ0n) is 12.3. The summed E-state index contributed by atoms with van der Waals surface area (Å²) in [6, 6.07) is 4.71. The predicted molar refractivity (Wildman–Crippen MR) is 74.0 cm³/mol. The van der Waals surface area contributed by atoms with Crippen LogP contribution in [0.4, 0.5) is 13.2 Å². The van der Waals surface area contributed by atoms with Crippen molar-refractivity contribution in [1.82, 2.24) is 0 Å². The van der Waals surface area contributed by atoms with Gasteiger partial charge in [0.25, 0.3) is 0 Å². The van der Waals surface area contributed by atoms with Crippen molar-refractivity contribution >= 4 is 17.6 Å². The summed E-state index contributed by atoms with van der Waals surface area (Å²) in [5.41, 5.74) is -0.663. The van der Waals surface area contributed by atoms with Crippen LogP contribution < -0.4 is 0 Å². The van der Waals surface area contributed by atoms with E-state index in [1.54, 1.807) is 19.9 Å². The molecule has 0 amide bonds. The monoisotopic (exact) mass is 347 g/mol. The van der Waals surface area contributed by atoms with E-state index < -0.39 is 34.4 Å². The van der Waals surface area contributed by atoms with E-state index in [4.69, 9.17) is 26.0 Å². The number of nitrogens with zero attached hydrogens (tertiary/aromatic N) is 1. The normalized spacial score (nSPS) is 23.3. The molecule has 124 valence electrons. The van der Waals surface area contributed by atoms with E-state index in [2.05, 4.69) is 0 Å². The Balaban J connectivity index is 1.99. The number of halogens is 4. The lowest BCUT2D eigenvalue weighted by Gasteiger charge is -2.04. The van der Waals surface area contributed by atoms with Crippen molar-refractivity contribution in [2.24, 2.45) is 17.3 Å². The Morgan fingerprint density at radius 1 is 1.52 bits per heavy atom. The number of nitriles is 1. The molecular formula is C15H13ClF3NO3. The van der Waals surface area contributed by atoms with Crippen molar-refractivity contribution in [2.45, 2.75) is 26.6 Å². The lowest BCUT2D eigenvalue weighted by molar-refractivity contribution is -0.148. The minimum absolute atomic E-state index is 0.0839. The van der Waals surface area contributed by atoms with Crippen LogP contribution in [0.15, 0.2) is 27.7 Å². The van der Waals surface area contributed by atoms with Gasteiger partial charge in [-0.2, -0.15) is 18.4 Å². The number of hydrogen-bond acceptors (Lipinski definition) is 4. The first-order chi connectivity index (χ1) is 10.6. The molecule has 1 fully saturated rings. The molecule has 1 saturated carbocycles. The number of allylic oxidation sites excluding steroid dienone is 2. The third kappa shape index (κ3) is 3.70. The van der Waals surface area contributed by atoms with Gasteiger partial charge in [-0.1, -0.05) is 31.5 Å². The highest BCUT2D eigenvalue weighted by molar-refractivity contribution is 6.30. The van der Waals surface area contributed by atoms with Crippen LogP contribution in [0.5, 0.6) is 0 Å². The standard InChI is InChI=1S/C15H13ClF3NO3/c1-14(2)10(5-11(16)15(17,18)19)12(14)13(21)22-7-9-4-3-8(6-20)23-9/h3-5,10,12H,7H2,1-2H3/b11-5-/t10-,12-/m0/s1. The number of carbonyl (C=O) groups is 1. The van der Waals surface area contributed by atoms with Gasteiger partial charge in [-0.25, -0.2) is 0 Å². The number of rotatable bonds is 4. The van der Waals surface area contributed by atoms with Gasteiger partial charge in [0.1, 0.15) is 23.5 Å². The molecule has 0 spiro atoms. The molecule has 1 heterocycles. The van der Waals surface area contributed by atoms with Crippen LogP contribution in [-0.4, -0.2) is 12.1 Å². The molecule has 0 bridgehead atoms. The minimum atomic E-state index is -4.63. The van der Waals surface area contributed by atoms with Crippen molar-refractivity contribution in [1.29, 1.82) is 5.26 Å². The molecule has 0 N–H and O–H groups in total. The van der Waals surface area contributed by atoms with Gasteiger partial charge in [-0.15, -0.1) is 0 Å². The van der Waals surface area contributed by atoms with Gasteiger partial charge >= 0.3 is 12.1 Å². The van der Waals surface area contributed by atoms with Crippen molar-refractivity contribution in [2.75, 3.05) is 0 Å². The quantitative estimate of drug-likeness (QED) is 0.767. The average Bonchev–Trinajstić information content (AvgIpc) is 2.83. The number of alkyl halides is 3. The number of esters is 1. The molecule has 0 unspecified atom stereocenters. The maximum atomic E-state index is 12.5. The maximum Gasteiger partial charge on any atom is 0.426 e. The fourth-order valence-corrected chi connectivity index (χ4v) is 2.57. The zero-order chi connectivity index (χ0) is 17.4.